The molecule has 2 aliphatic heterocycles. The molecule has 1 atom stereocenters. The Kier molecular flexibility index (Phi) is 6.88. The molecule has 0 aliphatic carbocycles. The highest BCUT2D eigenvalue weighted by Gasteiger charge is 2.41. The van der Waals surface area contributed by atoms with Crippen LogP contribution in [0.3, 0.4) is 0 Å². The van der Waals surface area contributed by atoms with Crippen molar-refractivity contribution in [2.24, 2.45) is 5.41 Å². The summed E-state index contributed by atoms with van der Waals surface area (Å²) in [6, 6.07) is 12.6. The van der Waals surface area contributed by atoms with Crippen molar-refractivity contribution in [3.8, 4) is 16.9 Å². The van der Waals surface area contributed by atoms with Gasteiger partial charge in [0.2, 0.25) is 5.91 Å². The van der Waals surface area contributed by atoms with Crippen molar-refractivity contribution in [1.82, 2.24) is 5.32 Å². The van der Waals surface area contributed by atoms with Gasteiger partial charge in [-0.3, -0.25) is 4.79 Å². The lowest BCUT2D eigenvalue weighted by atomic mass is 9.74. The Morgan fingerprint density at radius 2 is 1.90 bits per heavy atom. The molecule has 166 valence electrons. The first-order chi connectivity index (χ1) is 15.1. The summed E-state index contributed by atoms with van der Waals surface area (Å²) in [6.45, 7) is 2.54. The highest BCUT2D eigenvalue weighted by molar-refractivity contribution is 5.83. The van der Waals surface area contributed by atoms with Gasteiger partial charge in [0.15, 0.2) is 0 Å². The van der Waals surface area contributed by atoms with Crippen molar-refractivity contribution in [2.45, 2.75) is 38.1 Å². The number of hydrogen-bond acceptors (Lipinski definition) is 4. The lowest BCUT2D eigenvalue weighted by Gasteiger charge is -2.37. The number of ether oxygens (including phenoxy) is 3. The number of halogens is 1. The van der Waals surface area contributed by atoms with Gasteiger partial charge in [-0.25, -0.2) is 4.39 Å². The minimum absolute atomic E-state index is 0.0868. The standard InChI is InChI=1S/C25H30FNO4/c1-29-23-9-8-20(26)15-22(23)19-6-4-18(5-7-19)16-25(10-13-30-14-11-25)24(28)27-21-3-2-12-31-17-21/h4-9,15,21H,2-3,10-14,16-17H2,1H3,(H,27,28)/t21-/m0/s1. The van der Waals surface area contributed by atoms with Gasteiger partial charge >= 0.3 is 0 Å². The second kappa shape index (κ2) is 9.79. The summed E-state index contributed by atoms with van der Waals surface area (Å²) >= 11 is 0. The highest BCUT2D eigenvalue weighted by Crippen LogP contribution is 2.36. The number of benzene rings is 2. The maximum atomic E-state index is 13.8. The van der Waals surface area contributed by atoms with E-state index in [4.69, 9.17) is 14.2 Å². The van der Waals surface area contributed by atoms with E-state index >= 15 is 0 Å². The Morgan fingerprint density at radius 3 is 2.58 bits per heavy atom. The van der Waals surface area contributed by atoms with Crippen molar-refractivity contribution in [2.75, 3.05) is 33.5 Å². The molecule has 2 aromatic rings. The van der Waals surface area contributed by atoms with E-state index < -0.39 is 5.41 Å². The van der Waals surface area contributed by atoms with Gasteiger partial charge in [-0.15, -0.1) is 0 Å². The molecule has 31 heavy (non-hydrogen) atoms. The quantitative estimate of drug-likeness (QED) is 0.753. The number of amides is 1. The van der Waals surface area contributed by atoms with E-state index in [1.165, 1.54) is 12.1 Å². The number of nitrogens with one attached hydrogen (secondary N) is 1. The Morgan fingerprint density at radius 1 is 1.13 bits per heavy atom. The van der Waals surface area contributed by atoms with Crippen LogP contribution in [0.2, 0.25) is 0 Å². The molecule has 0 bridgehead atoms. The SMILES string of the molecule is COc1ccc(F)cc1-c1ccc(CC2(C(=O)N[C@H]3CCCOC3)CCOCC2)cc1. The third kappa shape index (κ3) is 5.08. The second-order valence-corrected chi connectivity index (χ2v) is 8.50. The van der Waals surface area contributed by atoms with Gasteiger partial charge in [0.05, 0.1) is 25.2 Å². The van der Waals surface area contributed by atoms with Crippen LogP contribution in [-0.2, 0) is 20.7 Å². The average Bonchev–Trinajstić information content (AvgIpc) is 2.81. The molecule has 0 aromatic heterocycles. The molecule has 0 saturated carbocycles. The second-order valence-electron chi connectivity index (χ2n) is 8.50. The van der Waals surface area contributed by atoms with E-state index in [0.29, 0.717) is 50.4 Å². The van der Waals surface area contributed by atoms with Crippen LogP contribution >= 0.6 is 0 Å². The molecule has 1 N–H and O–H groups in total. The molecule has 0 radical (unpaired) electrons. The van der Waals surface area contributed by atoms with Crippen LogP contribution in [0.1, 0.15) is 31.2 Å². The molecule has 0 spiro atoms. The molecule has 2 heterocycles. The van der Waals surface area contributed by atoms with Crippen LogP contribution in [0.15, 0.2) is 42.5 Å². The van der Waals surface area contributed by atoms with E-state index in [-0.39, 0.29) is 17.8 Å². The van der Waals surface area contributed by atoms with Crippen molar-refractivity contribution < 1.29 is 23.4 Å². The van der Waals surface area contributed by atoms with Crippen LogP contribution in [-0.4, -0.2) is 45.5 Å². The minimum atomic E-state index is -0.478. The number of carbonyl (C=O) groups is 1. The van der Waals surface area contributed by atoms with Gasteiger partial charge in [0, 0.05) is 25.4 Å². The van der Waals surface area contributed by atoms with Crippen molar-refractivity contribution in [3.05, 3.63) is 53.8 Å². The zero-order valence-corrected chi connectivity index (χ0v) is 18.0. The third-order valence-electron chi connectivity index (χ3n) is 6.40. The normalized spacial score (nSPS) is 20.8. The Balaban J connectivity index is 1.52. The van der Waals surface area contributed by atoms with Crippen LogP contribution in [0.5, 0.6) is 5.75 Å². The first-order valence-corrected chi connectivity index (χ1v) is 11.0. The average molecular weight is 428 g/mol. The maximum absolute atomic E-state index is 13.8. The molecule has 0 unspecified atom stereocenters. The molecule has 2 aromatic carbocycles. The van der Waals surface area contributed by atoms with Gasteiger partial charge in [-0.05, 0) is 61.4 Å². The number of rotatable bonds is 6. The Hall–Kier alpha value is -2.44. The van der Waals surface area contributed by atoms with Crippen LogP contribution in [0.25, 0.3) is 11.1 Å². The first-order valence-electron chi connectivity index (χ1n) is 11.0. The van der Waals surface area contributed by atoms with Crippen molar-refractivity contribution >= 4 is 5.91 Å². The van der Waals surface area contributed by atoms with Crippen molar-refractivity contribution in [3.63, 3.8) is 0 Å². The summed E-state index contributed by atoms with van der Waals surface area (Å²) < 4.78 is 30.2. The lowest BCUT2D eigenvalue weighted by molar-refractivity contribution is -0.138. The highest BCUT2D eigenvalue weighted by atomic mass is 19.1. The smallest absolute Gasteiger partial charge is 0.227 e. The summed E-state index contributed by atoms with van der Waals surface area (Å²) in [4.78, 5) is 13.3. The zero-order chi connectivity index (χ0) is 21.7. The van der Waals surface area contributed by atoms with Crippen LogP contribution in [0.4, 0.5) is 4.39 Å². The topological polar surface area (TPSA) is 56.8 Å². The van der Waals surface area contributed by atoms with Gasteiger partial charge < -0.3 is 19.5 Å². The summed E-state index contributed by atoms with van der Waals surface area (Å²) in [5, 5.41) is 3.23. The Bertz CT molecular complexity index is 887. The molecule has 2 saturated heterocycles. The van der Waals surface area contributed by atoms with E-state index in [9.17, 15) is 9.18 Å². The molecular formula is C25H30FNO4. The van der Waals surface area contributed by atoms with Gasteiger partial charge in [-0.2, -0.15) is 0 Å². The summed E-state index contributed by atoms with van der Waals surface area (Å²) in [5.74, 6) is 0.427. The first kappa shape index (κ1) is 21.8. The zero-order valence-electron chi connectivity index (χ0n) is 18.0. The van der Waals surface area contributed by atoms with E-state index in [2.05, 4.69) is 5.32 Å². The van der Waals surface area contributed by atoms with Crippen LogP contribution < -0.4 is 10.1 Å². The largest absolute Gasteiger partial charge is 0.496 e. The Labute approximate surface area is 182 Å². The fourth-order valence-electron chi connectivity index (χ4n) is 4.54. The van der Waals surface area contributed by atoms with Gasteiger partial charge in [-0.1, -0.05) is 24.3 Å². The maximum Gasteiger partial charge on any atom is 0.227 e. The van der Waals surface area contributed by atoms with Gasteiger partial charge in [0.25, 0.3) is 0 Å². The number of methoxy groups -OCH3 is 1. The summed E-state index contributed by atoms with van der Waals surface area (Å²) in [6.07, 6.45) is 3.99. The minimum Gasteiger partial charge on any atom is -0.496 e. The number of carbonyl (C=O) groups excluding carboxylic acids is 1. The fraction of sp³-hybridized carbons (Fsp3) is 0.480. The van der Waals surface area contributed by atoms with E-state index in [0.717, 1.165) is 30.6 Å². The molecule has 5 nitrogen and oxygen atoms in total. The van der Waals surface area contributed by atoms with E-state index in [1.807, 2.05) is 24.3 Å². The predicted octanol–water partition coefficient (Wildman–Crippen LogP) is 4.14. The third-order valence-corrected chi connectivity index (χ3v) is 6.40. The fourth-order valence-corrected chi connectivity index (χ4v) is 4.54. The van der Waals surface area contributed by atoms with E-state index in [1.54, 1.807) is 13.2 Å². The predicted molar refractivity (Wildman–Crippen MR) is 117 cm³/mol. The molecular weight excluding hydrogens is 397 g/mol. The molecule has 2 fully saturated rings. The van der Waals surface area contributed by atoms with Crippen molar-refractivity contribution in [1.29, 1.82) is 0 Å². The number of hydrogen-bond donors (Lipinski definition) is 1. The van der Waals surface area contributed by atoms with Crippen LogP contribution in [0, 0.1) is 11.2 Å². The summed E-state index contributed by atoms with van der Waals surface area (Å²) in [7, 11) is 1.58. The molecule has 6 heteroatoms. The lowest BCUT2D eigenvalue weighted by Crippen LogP contribution is -2.51. The molecule has 2 aliphatic rings. The monoisotopic (exact) mass is 427 g/mol. The van der Waals surface area contributed by atoms with Gasteiger partial charge in [0.1, 0.15) is 11.6 Å². The molecule has 4 rings (SSSR count). The molecule has 1 amide bonds. The summed E-state index contributed by atoms with van der Waals surface area (Å²) in [5.41, 5.74) is 2.19.